The molecule has 0 unspecified atom stereocenters. The molecular weight excluding hydrogens is 378 g/mol. The third kappa shape index (κ3) is 3.50. The van der Waals surface area contributed by atoms with Crippen LogP contribution < -0.4 is 4.90 Å². The fourth-order valence-electron chi connectivity index (χ4n) is 4.74. The predicted octanol–water partition coefficient (Wildman–Crippen LogP) is 2.91. The van der Waals surface area contributed by atoms with Crippen LogP contribution in [0.25, 0.3) is 10.8 Å². The van der Waals surface area contributed by atoms with Gasteiger partial charge in [0.05, 0.1) is 12.2 Å². The van der Waals surface area contributed by atoms with E-state index in [2.05, 4.69) is 49.0 Å². The van der Waals surface area contributed by atoms with E-state index in [0.29, 0.717) is 23.5 Å². The summed E-state index contributed by atoms with van der Waals surface area (Å²) < 4.78 is 5.00. The van der Waals surface area contributed by atoms with Crippen molar-refractivity contribution in [2.45, 2.75) is 19.9 Å². The molecule has 30 heavy (non-hydrogen) atoms. The molecule has 5 rings (SSSR count). The lowest BCUT2D eigenvalue weighted by atomic mass is 9.79. The van der Waals surface area contributed by atoms with Crippen LogP contribution in [0.1, 0.15) is 29.3 Å². The monoisotopic (exact) mass is 403 g/mol. The summed E-state index contributed by atoms with van der Waals surface area (Å²) in [5.41, 5.74) is 2.04. The summed E-state index contributed by atoms with van der Waals surface area (Å²) in [6.45, 7) is 7.17. The van der Waals surface area contributed by atoms with Gasteiger partial charge in [-0.1, -0.05) is 18.2 Å². The number of hydrogen-bond acceptors (Lipinski definition) is 7. The zero-order valence-electron chi connectivity index (χ0n) is 17.1. The minimum atomic E-state index is -0.375. The van der Waals surface area contributed by atoms with E-state index in [9.17, 15) is 4.79 Å². The molecule has 1 spiro atoms. The number of hydrogen-bond donors (Lipinski definition) is 0. The number of aromatic nitrogens is 3. The first-order valence-corrected chi connectivity index (χ1v) is 10.4. The van der Waals surface area contributed by atoms with E-state index in [1.165, 1.54) is 16.3 Å². The van der Waals surface area contributed by atoms with Crippen LogP contribution in [-0.2, 0) is 11.3 Å². The van der Waals surface area contributed by atoms with Gasteiger partial charge in [0, 0.05) is 68.3 Å². The van der Waals surface area contributed by atoms with E-state index in [1.54, 1.807) is 19.3 Å². The summed E-state index contributed by atoms with van der Waals surface area (Å²) in [5.74, 6) is 0.318. The topological polar surface area (TPSA) is 71.5 Å². The molecule has 0 amide bonds. The van der Waals surface area contributed by atoms with Crippen LogP contribution in [0.3, 0.4) is 0 Å². The summed E-state index contributed by atoms with van der Waals surface area (Å²) in [6, 6.07) is 8.54. The third-order valence-electron chi connectivity index (χ3n) is 6.16. The van der Waals surface area contributed by atoms with Crippen LogP contribution in [-0.4, -0.2) is 58.6 Å². The number of esters is 1. The molecule has 0 aliphatic carbocycles. The quantitative estimate of drug-likeness (QED) is 0.607. The molecule has 0 saturated carbocycles. The Hall–Kier alpha value is -3.06. The Kier molecular flexibility index (Phi) is 4.83. The highest BCUT2D eigenvalue weighted by Crippen LogP contribution is 2.41. The Morgan fingerprint density at radius 3 is 2.77 bits per heavy atom. The molecule has 2 aliphatic heterocycles. The van der Waals surface area contributed by atoms with Crippen LogP contribution in [0.15, 0.2) is 49.1 Å². The van der Waals surface area contributed by atoms with E-state index in [4.69, 9.17) is 4.74 Å². The van der Waals surface area contributed by atoms with Crippen molar-refractivity contribution >= 4 is 22.7 Å². The zero-order chi connectivity index (χ0) is 20.6. The lowest BCUT2D eigenvalue weighted by Crippen LogP contribution is -2.56. The molecule has 2 saturated heterocycles. The molecule has 3 aromatic rings. The van der Waals surface area contributed by atoms with E-state index in [1.807, 2.05) is 12.4 Å². The summed E-state index contributed by atoms with van der Waals surface area (Å²) in [5, 5.41) is 2.48. The minimum Gasteiger partial charge on any atom is -0.462 e. The second kappa shape index (κ2) is 7.65. The van der Waals surface area contributed by atoms with Crippen molar-refractivity contribution in [2.75, 3.05) is 37.7 Å². The standard InChI is InChI=1S/C23H25N5O2/c1-2-30-21(29)19-10-25-22(26-11-19)28-9-7-23(16-28)14-27(15-23)13-18-5-3-4-17-6-8-24-12-20(17)18/h3-6,8,10-12H,2,7,9,13-16H2,1H3. The maximum absolute atomic E-state index is 11.8. The fourth-order valence-corrected chi connectivity index (χ4v) is 4.74. The number of benzene rings is 1. The Bertz CT molecular complexity index is 1060. The number of likely N-dealkylation sites (tertiary alicyclic amines) is 1. The van der Waals surface area contributed by atoms with Gasteiger partial charge in [0.15, 0.2) is 0 Å². The molecule has 4 heterocycles. The number of rotatable bonds is 5. The zero-order valence-corrected chi connectivity index (χ0v) is 17.1. The van der Waals surface area contributed by atoms with Crippen molar-refractivity contribution in [3.05, 3.63) is 60.2 Å². The van der Waals surface area contributed by atoms with E-state index < -0.39 is 0 Å². The van der Waals surface area contributed by atoms with Crippen molar-refractivity contribution in [2.24, 2.45) is 5.41 Å². The second-order valence-electron chi connectivity index (χ2n) is 8.32. The lowest BCUT2D eigenvalue weighted by molar-refractivity contribution is 0.0119. The maximum atomic E-state index is 11.8. The second-order valence-corrected chi connectivity index (χ2v) is 8.32. The van der Waals surface area contributed by atoms with Gasteiger partial charge in [-0.25, -0.2) is 14.8 Å². The average molecular weight is 403 g/mol. The van der Waals surface area contributed by atoms with Gasteiger partial charge in [-0.05, 0) is 30.4 Å². The van der Waals surface area contributed by atoms with Gasteiger partial charge in [-0.2, -0.15) is 0 Å². The number of pyridine rings is 1. The smallest absolute Gasteiger partial charge is 0.341 e. The molecule has 2 fully saturated rings. The molecule has 1 aromatic carbocycles. The number of carbonyl (C=O) groups is 1. The van der Waals surface area contributed by atoms with Crippen molar-refractivity contribution in [1.29, 1.82) is 0 Å². The van der Waals surface area contributed by atoms with E-state index >= 15 is 0 Å². The highest BCUT2D eigenvalue weighted by atomic mass is 16.5. The van der Waals surface area contributed by atoms with Crippen LogP contribution >= 0.6 is 0 Å². The molecule has 7 heteroatoms. The normalized spacial score (nSPS) is 18.0. The van der Waals surface area contributed by atoms with Crippen LogP contribution in [0.4, 0.5) is 5.95 Å². The summed E-state index contributed by atoms with van der Waals surface area (Å²) in [7, 11) is 0. The first-order chi connectivity index (χ1) is 14.7. The van der Waals surface area contributed by atoms with Gasteiger partial charge >= 0.3 is 5.97 Å². The fraction of sp³-hybridized carbons (Fsp3) is 0.391. The molecule has 0 atom stereocenters. The van der Waals surface area contributed by atoms with Crippen molar-refractivity contribution in [1.82, 2.24) is 19.9 Å². The molecule has 0 bridgehead atoms. The highest BCUT2D eigenvalue weighted by Gasteiger charge is 2.47. The van der Waals surface area contributed by atoms with E-state index in [-0.39, 0.29) is 5.97 Å². The van der Waals surface area contributed by atoms with Crippen molar-refractivity contribution in [3.8, 4) is 0 Å². The average Bonchev–Trinajstić information content (AvgIpc) is 3.20. The van der Waals surface area contributed by atoms with Crippen LogP contribution in [0, 0.1) is 5.41 Å². The van der Waals surface area contributed by atoms with Gasteiger partial charge in [0.25, 0.3) is 0 Å². The number of fused-ring (bicyclic) bond motifs is 1. The van der Waals surface area contributed by atoms with Crippen LogP contribution in [0.5, 0.6) is 0 Å². The van der Waals surface area contributed by atoms with Crippen LogP contribution in [0.2, 0.25) is 0 Å². The molecule has 154 valence electrons. The lowest BCUT2D eigenvalue weighted by Gasteiger charge is -2.48. The number of anilines is 1. The van der Waals surface area contributed by atoms with E-state index in [0.717, 1.165) is 39.1 Å². The summed E-state index contributed by atoms with van der Waals surface area (Å²) in [4.78, 5) is 29.6. The van der Waals surface area contributed by atoms with Crippen molar-refractivity contribution in [3.63, 3.8) is 0 Å². The molecular formula is C23H25N5O2. The Morgan fingerprint density at radius 2 is 1.97 bits per heavy atom. The summed E-state index contributed by atoms with van der Waals surface area (Å²) >= 11 is 0. The minimum absolute atomic E-state index is 0.312. The Morgan fingerprint density at radius 1 is 1.13 bits per heavy atom. The third-order valence-corrected chi connectivity index (χ3v) is 6.16. The molecule has 0 N–H and O–H groups in total. The van der Waals surface area contributed by atoms with Gasteiger partial charge in [0.2, 0.25) is 5.95 Å². The largest absolute Gasteiger partial charge is 0.462 e. The highest BCUT2D eigenvalue weighted by molar-refractivity contribution is 5.88. The van der Waals surface area contributed by atoms with Crippen molar-refractivity contribution < 1.29 is 9.53 Å². The maximum Gasteiger partial charge on any atom is 0.341 e. The van der Waals surface area contributed by atoms with Gasteiger partial charge < -0.3 is 9.64 Å². The number of carbonyl (C=O) groups excluding carboxylic acids is 1. The SMILES string of the molecule is CCOC(=O)c1cnc(N2CCC3(CN(Cc4cccc5ccncc45)C3)C2)nc1. The molecule has 2 aromatic heterocycles. The van der Waals surface area contributed by atoms with Gasteiger partial charge in [0.1, 0.15) is 0 Å². The first kappa shape index (κ1) is 18.9. The Balaban J connectivity index is 1.20. The molecule has 2 aliphatic rings. The van der Waals surface area contributed by atoms with Gasteiger partial charge in [-0.15, -0.1) is 0 Å². The molecule has 7 nitrogen and oxygen atoms in total. The van der Waals surface area contributed by atoms with Gasteiger partial charge in [-0.3, -0.25) is 9.88 Å². The summed E-state index contributed by atoms with van der Waals surface area (Å²) in [6.07, 6.45) is 8.08. The number of nitrogens with zero attached hydrogens (tertiary/aromatic N) is 5. The molecule has 0 radical (unpaired) electrons. The first-order valence-electron chi connectivity index (χ1n) is 10.4. The predicted molar refractivity (Wildman–Crippen MR) is 114 cm³/mol. The Labute approximate surface area is 175 Å². The number of ether oxygens (including phenoxy) is 1.